The summed E-state index contributed by atoms with van der Waals surface area (Å²) in [7, 11) is 0. The van der Waals surface area contributed by atoms with E-state index in [4.69, 9.17) is 4.74 Å². The van der Waals surface area contributed by atoms with E-state index in [-0.39, 0.29) is 17.5 Å². The number of carbonyl (C=O) groups is 2. The molecule has 5 nitrogen and oxygen atoms in total. The molecule has 1 aromatic rings. The number of Topliss-reactive ketones (excluding diaryl/α,β-unsaturated/α-hetero) is 1. The number of amides is 1. The first-order valence-corrected chi connectivity index (χ1v) is 9.43. The smallest absolute Gasteiger partial charge is 0.252 e. The number of rotatable bonds is 2. The van der Waals surface area contributed by atoms with Gasteiger partial charge in [-0.15, -0.1) is 0 Å². The summed E-state index contributed by atoms with van der Waals surface area (Å²) in [5.41, 5.74) is 3.69. The SMILES string of the molecule is CC1=C(C(=O)N2CCOCC2)[C@@H](c2ccc(F)cc2)C2=C(CCCC2=O)N1. The van der Waals surface area contributed by atoms with Crippen LogP contribution < -0.4 is 5.32 Å². The summed E-state index contributed by atoms with van der Waals surface area (Å²) in [6, 6.07) is 6.13. The summed E-state index contributed by atoms with van der Waals surface area (Å²) in [5.74, 6) is -0.802. The summed E-state index contributed by atoms with van der Waals surface area (Å²) in [4.78, 5) is 27.9. The molecule has 6 heteroatoms. The molecule has 1 N–H and O–H groups in total. The molecule has 1 amide bonds. The molecule has 2 aliphatic heterocycles. The van der Waals surface area contributed by atoms with E-state index >= 15 is 0 Å². The van der Waals surface area contributed by atoms with Crippen LogP contribution >= 0.6 is 0 Å². The Bertz CT molecular complexity index is 835. The molecule has 3 aliphatic rings. The molecule has 1 saturated heterocycles. The molecule has 0 aromatic heterocycles. The van der Waals surface area contributed by atoms with Gasteiger partial charge in [0, 0.05) is 48.0 Å². The van der Waals surface area contributed by atoms with Crippen LogP contribution in [-0.4, -0.2) is 42.9 Å². The number of halogens is 1. The van der Waals surface area contributed by atoms with Gasteiger partial charge in [-0.05, 0) is 37.5 Å². The van der Waals surface area contributed by atoms with E-state index in [0.29, 0.717) is 43.9 Å². The number of ketones is 1. The van der Waals surface area contributed by atoms with E-state index in [1.165, 1.54) is 12.1 Å². The average molecular weight is 370 g/mol. The topological polar surface area (TPSA) is 58.6 Å². The lowest BCUT2D eigenvalue weighted by Crippen LogP contribution is -2.44. The number of hydrogen-bond acceptors (Lipinski definition) is 4. The molecule has 4 rings (SSSR count). The highest BCUT2D eigenvalue weighted by molar-refractivity contribution is 6.05. The number of allylic oxidation sites excluding steroid dienone is 3. The number of hydrogen-bond donors (Lipinski definition) is 1. The second-order valence-corrected chi connectivity index (χ2v) is 7.22. The van der Waals surface area contributed by atoms with Crippen LogP contribution in [0.2, 0.25) is 0 Å². The van der Waals surface area contributed by atoms with Gasteiger partial charge in [0.2, 0.25) is 0 Å². The van der Waals surface area contributed by atoms with E-state index in [1.807, 2.05) is 6.92 Å². The van der Waals surface area contributed by atoms with Crippen molar-refractivity contribution < 1.29 is 18.7 Å². The van der Waals surface area contributed by atoms with Gasteiger partial charge in [-0.1, -0.05) is 12.1 Å². The molecular weight excluding hydrogens is 347 g/mol. The van der Waals surface area contributed by atoms with Crippen LogP contribution in [0.1, 0.15) is 37.7 Å². The van der Waals surface area contributed by atoms with E-state index in [2.05, 4.69) is 5.32 Å². The molecule has 0 spiro atoms. The highest BCUT2D eigenvalue weighted by Gasteiger charge is 2.39. The molecule has 0 unspecified atom stereocenters. The number of morpholine rings is 1. The normalized spacial score (nSPS) is 23.3. The Morgan fingerprint density at radius 1 is 1.19 bits per heavy atom. The van der Waals surface area contributed by atoms with E-state index in [0.717, 1.165) is 29.8 Å². The lowest BCUT2D eigenvalue weighted by molar-refractivity contribution is -0.131. The number of dihydropyridines is 1. The van der Waals surface area contributed by atoms with Crippen molar-refractivity contribution in [1.82, 2.24) is 10.2 Å². The maximum Gasteiger partial charge on any atom is 0.252 e. The van der Waals surface area contributed by atoms with E-state index in [1.54, 1.807) is 17.0 Å². The molecule has 27 heavy (non-hydrogen) atoms. The van der Waals surface area contributed by atoms with Crippen molar-refractivity contribution in [3.63, 3.8) is 0 Å². The first kappa shape index (κ1) is 17.9. The van der Waals surface area contributed by atoms with Gasteiger partial charge in [0.15, 0.2) is 5.78 Å². The minimum Gasteiger partial charge on any atom is -0.378 e. The van der Waals surface area contributed by atoms with Crippen molar-refractivity contribution in [3.05, 3.63) is 58.2 Å². The van der Waals surface area contributed by atoms with Crippen LogP contribution in [0.3, 0.4) is 0 Å². The number of nitrogens with one attached hydrogen (secondary N) is 1. The zero-order valence-electron chi connectivity index (χ0n) is 15.4. The molecule has 0 radical (unpaired) electrons. The first-order valence-electron chi connectivity index (χ1n) is 9.43. The maximum absolute atomic E-state index is 13.5. The van der Waals surface area contributed by atoms with Gasteiger partial charge < -0.3 is 15.0 Å². The van der Waals surface area contributed by atoms with Crippen molar-refractivity contribution in [2.24, 2.45) is 0 Å². The number of benzene rings is 1. The minimum atomic E-state index is -0.454. The number of carbonyl (C=O) groups excluding carboxylic acids is 2. The van der Waals surface area contributed by atoms with Gasteiger partial charge in [-0.2, -0.15) is 0 Å². The second kappa shape index (κ2) is 7.27. The molecular formula is C21H23FN2O3. The zero-order valence-corrected chi connectivity index (χ0v) is 15.4. The van der Waals surface area contributed by atoms with Gasteiger partial charge >= 0.3 is 0 Å². The summed E-state index contributed by atoms with van der Waals surface area (Å²) >= 11 is 0. The third-order valence-corrected chi connectivity index (χ3v) is 5.51. The Balaban J connectivity index is 1.80. The van der Waals surface area contributed by atoms with E-state index < -0.39 is 5.92 Å². The number of nitrogens with zero attached hydrogens (tertiary/aromatic N) is 1. The lowest BCUT2D eigenvalue weighted by Gasteiger charge is -2.37. The van der Waals surface area contributed by atoms with Crippen LogP contribution in [0.5, 0.6) is 0 Å². The van der Waals surface area contributed by atoms with Gasteiger partial charge in [0.05, 0.1) is 13.2 Å². The van der Waals surface area contributed by atoms with Crippen LogP contribution in [0, 0.1) is 5.82 Å². The van der Waals surface area contributed by atoms with Gasteiger partial charge in [-0.3, -0.25) is 9.59 Å². The third kappa shape index (κ3) is 3.30. The van der Waals surface area contributed by atoms with Crippen molar-refractivity contribution in [3.8, 4) is 0 Å². The summed E-state index contributed by atoms with van der Waals surface area (Å²) in [6.45, 7) is 3.98. The molecule has 0 bridgehead atoms. The molecule has 2 heterocycles. The summed E-state index contributed by atoms with van der Waals surface area (Å²) in [5, 5.41) is 3.32. The maximum atomic E-state index is 13.5. The largest absolute Gasteiger partial charge is 0.378 e. The second-order valence-electron chi connectivity index (χ2n) is 7.22. The van der Waals surface area contributed by atoms with E-state index in [9.17, 15) is 14.0 Å². The standard InChI is InChI=1S/C21H23FN2O3/c1-13-18(21(26)24-9-11-27-12-10-24)19(14-5-7-15(22)8-6-14)20-16(23-13)3-2-4-17(20)25/h5-8,19,23H,2-4,9-12H2,1H3/t19-/m1/s1. The fourth-order valence-electron chi connectivity index (χ4n) is 4.19. The van der Waals surface area contributed by atoms with Crippen LogP contribution in [0.15, 0.2) is 46.8 Å². The van der Waals surface area contributed by atoms with Crippen LogP contribution in [-0.2, 0) is 14.3 Å². The molecule has 1 aromatic carbocycles. The minimum absolute atomic E-state index is 0.0675. The molecule has 1 aliphatic carbocycles. The van der Waals surface area contributed by atoms with Crippen molar-refractivity contribution in [2.75, 3.05) is 26.3 Å². The monoisotopic (exact) mass is 370 g/mol. The zero-order chi connectivity index (χ0) is 19.0. The predicted molar refractivity (Wildman–Crippen MR) is 98.3 cm³/mol. The Kier molecular flexibility index (Phi) is 4.83. The number of ether oxygens (including phenoxy) is 1. The van der Waals surface area contributed by atoms with Crippen molar-refractivity contribution in [2.45, 2.75) is 32.1 Å². The lowest BCUT2D eigenvalue weighted by atomic mass is 9.75. The third-order valence-electron chi connectivity index (χ3n) is 5.51. The Labute approximate surface area is 157 Å². The molecule has 1 fully saturated rings. The molecule has 142 valence electrons. The molecule has 1 atom stereocenters. The Morgan fingerprint density at radius 3 is 2.59 bits per heavy atom. The predicted octanol–water partition coefficient (Wildman–Crippen LogP) is 2.65. The van der Waals surface area contributed by atoms with Crippen LogP contribution in [0.25, 0.3) is 0 Å². The fourth-order valence-corrected chi connectivity index (χ4v) is 4.19. The van der Waals surface area contributed by atoms with Gasteiger partial charge in [0.25, 0.3) is 5.91 Å². The van der Waals surface area contributed by atoms with Gasteiger partial charge in [0.1, 0.15) is 5.82 Å². The quantitative estimate of drug-likeness (QED) is 0.870. The van der Waals surface area contributed by atoms with Gasteiger partial charge in [-0.25, -0.2) is 4.39 Å². The highest BCUT2D eigenvalue weighted by atomic mass is 19.1. The highest BCUT2D eigenvalue weighted by Crippen LogP contribution is 2.42. The molecule has 0 saturated carbocycles. The van der Waals surface area contributed by atoms with Crippen molar-refractivity contribution >= 4 is 11.7 Å². The Morgan fingerprint density at radius 2 is 1.89 bits per heavy atom. The summed E-state index contributed by atoms with van der Waals surface area (Å²) < 4.78 is 18.9. The van der Waals surface area contributed by atoms with Crippen LogP contribution in [0.4, 0.5) is 4.39 Å². The van der Waals surface area contributed by atoms with Crippen molar-refractivity contribution in [1.29, 1.82) is 0 Å². The average Bonchev–Trinajstić information content (AvgIpc) is 2.68. The summed E-state index contributed by atoms with van der Waals surface area (Å²) in [6.07, 6.45) is 2.08. The fraction of sp³-hybridized carbons (Fsp3) is 0.429. The Hall–Kier alpha value is -2.47. The first-order chi connectivity index (χ1) is 13.1.